The first-order chi connectivity index (χ1) is 9.59. The van der Waals surface area contributed by atoms with Crippen molar-refractivity contribution in [3.05, 3.63) is 71.5 Å². The first-order valence-electron chi connectivity index (χ1n) is 5.98. The molecule has 104 valence electrons. The number of nitrogens with one attached hydrogen (secondary N) is 1. The maximum atomic E-state index is 13.4. The lowest BCUT2D eigenvalue weighted by atomic mass is 10.1. The summed E-state index contributed by atoms with van der Waals surface area (Å²) in [4.78, 5) is 11.9. The Hall–Kier alpha value is -2.30. The lowest BCUT2D eigenvalue weighted by molar-refractivity contribution is 0.0741. The second-order valence-corrected chi connectivity index (χ2v) is 4.18. The molecule has 1 atom stereocenters. The largest absolute Gasteiger partial charge is 0.339 e. The van der Waals surface area contributed by atoms with Crippen molar-refractivity contribution in [3.8, 4) is 0 Å². The minimum absolute atomic E-state index is 0.255. The smallest absolute Gasteiger partial charge is 0.262 e. The molecule has 0 saturated heterocycles. The minimum Gasteiger partial charge on any atom is -0.339 e. The first-order valence-corrected chi connectivity index (χ1v) is 5.98. The molecular formula is C15H12F3NO. The molecule has 0 aromatic heterocycles. The summed E-state index contributed by atoms with van der Waals surface area (Å²) in [6, 6.07) is 11.6. The summed E-state index contributed by atoms with van der Waals surface area (Å²) in [6.45, 7) is 0. The summed E-state index contributed by atoms with van der Waals surface area (Å²) in [7, 11) is 0. The Morgan fingerprint density at radius 3 is 2.15 bits per heavy atom. The Kier molecular flexibility index (Phi) is 4.40. The molecule has 0 aliphatic heterocycles. The molecule has 2 nitrogen and oxygen atoms in total. The molecule has 2 aromatic carbocycles. The third-order valence-corrected chi connectivity index (χ3v) is 2.82. The van der Waals surface area contributed by atoms with E-state index in [1.54, 1.807) is 18.2 Å². The molecule has 0 bridgehead atoms. The van der Waals surface area contributed by atoms with E-state index in [4.69, 9.17) is 0 Å². The van der Waals surface area contributed by atoms with E-state index in [0.717, 1.165) is 6.07 Å². The van der Waals surface area contributed by atoms with Crippen molar-refractivity contribution in [1.82, 2.24) is 5.32 Å². The van der Waals surface area contributed by atoms with Crippen LogP contribution in [0.2, 0.25) is 0 Å². The van der Waals surface area contributed by atoms with Crippen LogP contribution in [0.4, 0.5) is 13.2 Å². The number of halogens is 3. The average molecular weight is 279 g/mol. The number of amides is 1. The lowest BCUT2D eigenvalue weighted by Gasteiger charge is -2.18. The summed E-state index contributed by atoms with van der Waals surface area (Å²) in [5.41, 5.74) is 0.0151. The molecule has 5 heteroatoms. The maximum Gasteiger partial charge on any atom is 0.262 e. The van der Waals surface area contributed by atoms with Gasteiger partial charge in [-0.1, -0.05) is 42.5 Å². The van der Waals surface area contributed by atoms with Crippen molar-refractivity contribution < 1.29 is 18.0 Å². The summed E-state index contributed by atoms with van der Waals surface area (Å²) in [6.07, 6.45) is -2.78. The van der Waals surface area contributed by atoms with E-state index in [2.05, 4.69) is 5.32 Å². The normalized spacial score (nSPS) is 12.2. The zero-order chi connectivity index (χ0) is 14.5. The quantitative estimate of drug-likeness (QED) is 0.911. The number of hydrogen-bond donors (Lipinski definition) is 1. The van der Waals surface area contributed by atoms with Crippen LogP contribution < -0.4 is 5.32 Å². The predicted molar refractivity (Wildman–Crippen MR) is 69.1 cm³/mol. The van der Waals surface area contributed by atoms with E-state index >= 15 is 0 Å². The Morgan fingerprint density at radius 1 is 0.950 bits per heavy atom. The molecule has 0 radical (unpaired) electrons. The van der Waals surface area contributed by atoms with E-state index in [-0.39, 0.29) is 11.1 Å². The molecule has 20 heavy (non-hydrogen) atoms. The van der Waals surface area contributed by atoms with Crippen molar-refractivity contribution in [2.24, 2.45) is 0 Å². The van der Waals surface area contributed by atoms with Gasteiger partial charge in [-0.05, 0) is 17.7 Å². The Balaban J connectivity index is 2.22. The number of carbonyl (C=O) groups is 1. The zero-order valence-corrected chi connectivity index (χ0v) is 10.4. The monoisotopic (exact) mass is 279 g/mol. The third kappa shape index (κ3) is 3.17. The fourth-order valence-electron chi connectivity index (χ4n) is 1.82. The molecule has 2 rings (SSSR count). The summed E-state index contributed by atoms with van der Waals surface area (Å²) in [5, 5.41) is 2.16. The molecule has 1 amide bonds. The van der Waals surface area contributed by atoms with Gasteiger partial charge in [-0.25, -0.2) is 13.2 Å². The predicted octanol–water partition coefficient (Wildman–Crippen LogP) is 3.56. The van der Waals surface area contributed by atoms with Crippen LogP contribution in [0.5, 0.6) is 0 Å². The van der Waals surface area contributed by atoms with Crippen LogP contribution in [0.25, 0.3) is 0 Å². The van der Waals surface area contributed by atoms with Gasteiger partial charge in [0.15, 0.2) is 0 Å². The highest BCUT2D eigenvalue weighted by Gasteiger charge is 2.25. The van der Waals surface area contributed by atoms with E-state index in [0.29, 0.717) is 0 Å². The average Bonchev–Trinajstić information content (AvgIpc) is 2.45. The molecule has 0 saturated carbocycles. The highest BCUT2D eigenvalue weighted by molar-refractivity contribution is 5.94. The molecule has 0 spiro atoms. The molecule has 1 unspecified atom stereocenters. The van der Waals surface area contributed by atoms with Gasteiger partial charge in [0.2, 0.25) is 0 Å². The van der Waals surface area contributed by atoms with Gasteiger partial charge < -0.3 is 5.32 Å². The SMILES string of the molecule is O=C(NC(c1ccccc1)C(F)F)c1ccccc1F. The number of rotatable bonds is 4. The van der Waals surface area contributed by atoms with Crippen molar-refractivity contribution in [1.29, 1.82) is 0 Å². The topological polar surface area (TPSA) is 29.1 Å². The first kappa shape index (κ1) is 14.1. The Labute approximate surface area is 114 Å². The molecular weight excluding hydrogens is 267 g/mol. The molecule has 1 N–H and O–H groups in total. The van der Waals surface area contributed by atoms with E-state index in [1.807, 2.05) is 0 Å². The van der Waals surface area contributed by atoms with Gasteiger partial charge in [0.05, 0.1) is 5.56 Å². The molecule has 0 heterocycles. The van der Waals surface area contributed by atoms with Crippen molar-refractivity contribution in [2.75, 3.05) is 0 Å². The third-order valence-electron chi connectivity index (χ3n) is 2.82. The maximum absolute atomic E-state index is 13.4. The second kappa shape index (κ2) is 6.23. The van der Waals surface area contributed by atoms with Gasteiger partial charge in [-0.15, -0.1) is 0 Å². The van der Waals surface area contributed by atoms with E-state index < -0.39 is 24.2 Å². The number of alkyl halides is 2. The fourth-order valence-corrected chi connectivity index (χ4v) is 1.82. The van der Waals surface area contributed by atoms with Crippen LogP contribution in [0.1, 0.15) is 22.0 Å². The van der Waals surface area contributed by atoms with Crippen LogP contribution in [0, 0.1) is 5.82 Å². The fraction of sp³-hybridized carbons (Fsp3) is 0.133. The lowest BCUT2D eigenvalue weighted by Crippen LogP contribution is -2.33. The van der Waals surface area contributed by atoms with Gasteiger partial charge in [0.1, 0.15) is 11.9 Å². The van der Waals surface area contributed by atoms with Crippen LogP contribution in [0.3, 0.4) is 0 Å². The van der Waals surface area contributed by atoms with Crippen LogP contribution in [-0.2, 0) is 0 Å². The van der Waals surface area contributed by atoms with E-state index in [9.17, 15) is 18.0 Å². The highest BCUT2D eigenvalue weighted by atomic mass is 19.3. The standard InChI is InChI=1S/C15H12F3NO/c16-12-9-5-4-8-11(12)15(20)19-13(14(17)18)10-6-2-1-3-7-10/h1-9,13-14H,(H,19,20). The van der Waals surface area contributed by atoms with Crippen molar-refractivity contribution in [3.63, 3.8) is 0 Å². The second-order valence-electron chi connectivity index (χ2n) is 4.18. The van der Waals surface area contributed by atoms with Crippen LogP contribution in [0.15, 0.2) is 54.6 Å². The van der Waals surface area contributed by atoms with Gasteiger partial charge in [-0.2, -0.15) is 0 Å². The molecule has 0 fully saturated rings. The molecule has 0 aliphatic rings. The van der Waals surface area contributed by atoms with Crippen LogP contribution in [-0.4, -0.2) is 12.3 Å². The minimum atomic E-state index is -2.78. The Morgan fingerprint density at radius 2 is 1.55 bits per heavy atom. The summed E-state index contributed by atoms with van der Waals surface area (Å²) >= 11 is 0. The van der Waals surface area contributed by atoms with E-state index in [1.165, 1.54) is 30.3 Å². The van der Waals surface area contributed by atoms with Gasteiger partial charge in [0.25, 0.3) is 12.3 Å². The molecule has 0 aliphatic carbocycles. The highest BCUT2D eigenvalue weighted by Crippen LogP contribution is 2.21. The van der Waals surface area contributed by atoms with Crippen molar-refractivity contribution in [2.45, 2.75) is 12.5 Å². The van der Waals surface area contributed by atoms with Gasteiger partial charge in [-0.3, -0.25) is 4.79 Å². The molecule has 2 aromatic rings. The number of hydrogen-bond acceptors (Lipinski definition) is 1. The van der Waals surface area contributed by atoms with Gasteiger partial charge >= 0.3 is 0 Å². The van der Waals surface area contributed by atoms with Crippen molar-refractivity contribution >= 4 is 5.91 Å². The number of carbonyl (C=O) groups excluding carboxylic acids is 1. The van der Waals surface area contributed by atoms with Gasteiger partial charge in [0, 0.05) is 0 Å². The zero-order valence-electron chi connectivity index (χ0n) is 10.4. The van der Waals surface area contributed by atoms with Crippen LogP contribution >= 0.6 is 0 Å². The summed E-state index contributed by atoms with van der Waals surface area (Å²) < 4.78 is 39.6. The number of benzene rings is 2. The Bertz CT molecular complexity index is 587. The summed E-state index contributed by atoms with van der Waals surface area (Å²) in [5.74, 6) is -1.61.